The number of hydrogen-bond acceptors (Lipinski definition) is 9. The number of nitrogens with one attached hydrogen (secondary N) is 1. The largest absolute Gasteiger partial charge is 0.466 e. The Morgan fingerprint density at radius 1 is 1.14 bits per heavy atom. The number of furan rings is 1. The molecule has 182 valence electrons. The van der Waals surface area contributed by atoms with E-state index in [1.165, 1.54) is 18.4 Å². The van der Waals surface area contributed by atoms with E-state index in [2.05, 4.69) is 80.1 Å². The number of likely N-dealkylation sites (tertiary alicyclic amines) is 1. The highest BCUT2D eigenvalue weighted by atomic mass is 16.6. The minimum atomic E-state index is 0.192. The molecule has 35 heavy (non-hydrogen) atoms. The molecule has 0 amide bonds. The van der Waals surface area contributed by atoms with Crippen molar-refractivity contribution in [2.75, 3.05) is 23.3 Å². The van der Waals surface area contributed by atoms with Crippen LogP contribution in [0.25, 0.3) is 16.9 Å². The summed E-state index contributed by atoms with van der Waals surface area (Å²) in [5.41, 5.74) is 4.66. The smallest absolute Gasteiger partial charge is 0.199 e. The summed E-state index contributed by atoms with van der Waals surface area (Å²) in [5, 5.41) is 7.78. The van der Waals surface area contributed by atoms with E-state index < -0.39 is 0 Å². The van der Waals surface area contributed by atoms with E-state index in [4.69, 9.17) is 10.3 Å². The number of fused-ring (bicyclic) bond motifs is 3. The van der Waals surface area contributed by atoms with E-state index >= 15 is 0 Å². The van der Waals surface area contributed by atoms with Gasteiger partial charge in [0.05, 0.1) is 11.9 Å². The number of anilines is 3. The number of aromatic nitrogens is 4. The lowest BCUT2D eigenvalue weighted by atomic mass is 10.0. The van der Waals surface area contributed by atoms with Crippen molar-refractivity contribution in [2.45, 2.75) is 51.4 Å². The molecule has 2 aliphatic rings. The van der Waals surface area contributed by atoms with Crippen LogP contribution in [0.5, 0.6) is 0 Å². The third kappa shape index (κ3) is 3.93. The van der Waals surface area contributed by atoms with Crippen LogP contribution in [0.15, 0.2) is 53.5 Å². The van der Waals surface area contributed by atoms with Crippen molar-refractivity contribution in [3.8, 4) is 11.3 Å². The maximum Gasteiger partial charge on any atom is 0.199 e. The monoisotopic (exact) mass is 474 g/mol. The van der Waals surface area contributed by atoms with Crippen LogP contribution in [-0.2, 0) is 11.4 Å². The fourth-order valence-electron chi connectivity index (χ4n) is 5.45. The molecular formula is C25H30N8O2. The summed E-state index contributed by atoms with van der Waals surface area (Å²) < 4.78 is 7.23. The third-order valence-corrected chi connectivity index (χ3v) is 7.04. The van der Waals surface area contributed by atoms with E-state index in [9.17, 15) is 0 Å². The van der Waals surface area contributed by atoms with Crippen LogP contribution >= 0.6 is 0 Å². The van der Waals surface area contributed by atoms with E-state index in [0.29, 0.717) is 29.3 Å². The Balaban J connectivity index is 1.19. The molecule has 0 aliphatic carbocycles. The van der Waals surface area contributed by atoms with E-state index in [0.717, 1.165) is 30.0 Å². The SMILES string of the molecule is CC(C)(C)N1C[C@@H]2C[C@H]1CN2c1ccc(Nc2ncc(-c3coc(CON)c3)n3ncnc23)cc1. The fraction of sp³-hybridized carbons (Fsp3) is 0.400. The Hall–Kier alpha value is -3.47. The molecule has 0 saturated carbocycles. The van der Waals surface area contributed by atoms with Crippen molar-refractivity contribution < 1.29 is 9.25 Å². The standard InChI is InChI=1S/C25H30N8O2/c1-25(2,3)32-12-19-9-20(32)11-31(19)18-6-4-17(5-7-18)30-23-24-28-15-29-33(24)22(10-27-23)16-8-21(14-35-26)34-13-16/h4-8,10,13,15,19-20H,9,11-12,14,26H2,1-3H3,(H,27,30)/t19-,20-/m0/s1. The fourth-order valence-corrected chi connectivity index (χ4v) is 5.45. The molecule has 3 aromatic heterocycles. The second kappa shape index (κ2) is 8.33. The van der Waals surface area contributed by atoms with Gasteiger partial charge in [0.1, 0.15) is 25.0 Å². The van der Waals surface area contributed by atoms with Gasteiger partial charge in [-0.25, -0.2) is 20.4 Å². The molecule has 2 atom stereocenters. The van der Waals surface area contributed by atoms with Crippen molar-refractivity contribution in [1.82, 2.24) is 24.5 Å². The van der Waals surface area contributed by atoms with Crippen LogP contribution in [-0.4, -0.2) is 55.2 Å². The zero-order valence-corrected chi connectivity index (χ0v) is 20.2. The second-order valence-electron chi connectivity index (χ2n) is 10.3. The molecule has 2 bridgehead atoms. The van der Waals surface area contributed by atoms with E-state index in [1.807, 2.05) is 6.07 Å². The van der Waals surface area contributed by atoms with Crippen LogP contribution in [0.3, 0.4) is 0 Å². The lowest BCUT2D eigenvalue weighted by Gasteiger charge is -2.42. The maximum atomic E-state index is 5.49. The zero-order valence-electron chi connectivity index (χ0n) is 20.2. The molecule has 10 nitrogen and oxygen atoms in total. The molecule has 2 fully saturated rings. The van der Waals surface area contributed by atoms with Crippen molar-refractivity contribution in [1.29, 1.82) is 0 Å². The normalized spacial score (nSPS) is 20.3. The van der Waals surface area contributed by atoms with Gasteiger partial charge < -0.3 is 14.6 Å². The molecule has 6 rings (SSSR count). The Bertz CT molecular complexity index is 1340. The average Bonchev–Trinajstić information content (AvgIpc) is 3.63. The Morgan fingerprint density at radius 2 is 1.97 bits per heavy atom. The van der Waals surface area contributed by atoms with Crippen LogP contribution < -0.4 is 16.1 Å². The number of hydrogen-bond donors (Lipinski definition) is 2. The van der Waals surface area contributed by atoms with Gasteiger partial charge in [-0.2, -0.15) is 5.10 Å². The predicted molar refractivity (Wildman–Crippen MR) is 133 cm³/mol. The van der Waals surface area contributed by atoms with E-state index in [1.54, 1.807) is 17.0 Å². The molecular weight excluding hydrogens is 444 g/mol. The van der Waals surface area contributed by atoms with E-state index in [-0.39, 0.29) is 12.1 Å². The minimum absolute atomic E-state index is 0.192. The molecule has 2 saturated heterocycles. The number of benzene rings is 1. The van der Waals surface area contributed by atoms with Gasteiger partial charge >= 0.3 is 0 Å². The molecule has 1 aromatic carbocycles. The molecule has 10 heteroatoms. The van der Waals surface area contributed by atoms with Crippen LogP contribution in [0, 0.1) is 0 Å². The van der Waals surface area contributed by atoms with Crippen LogP contribution in [0.1, 0.15) is 33.0 Å². The van der Waals surface area contributed by atoms with Gasteiger partial charge in [-0.3, -0.25) is 9.74 Å². The summed E-state index contributed by atoms with van der Waals surface area (Å²) in [7, 11) is 0. The third-order valence-electron chi connectivity index (χ3n) is 7.04. The van der Waals surface area contributed by atoms with Gasteiger partial charge in [-0.1, -0.05) is 0 Å². The first-order valence-electron chi connectivity index (χ1n) is 11.9. The molecule has 0 unspecified atom stereocenters. The van der Waals surface area contributed by atoms with Gasteiger partial charge in [0.2, 0.25) is 0 Å². The summed E-state index contributed by atoms with van der Waals surface area (Å²) in [4.78, 5) is 18.9. The number of nitrogens with two attached hydrogens (primary N) is 1. The molecule has 0 radical (unpaired) electrons. The Labute approximate surface area is 203 Å². The summed E-state index contributed by atoms with van der Waals surface area (Å²) in [6, 6.07) is 11.6. The van der Waals surface area contributed by atoms with Gasteiger partial charge in [-0.15, -0.1) is 0 Å². The first-order chi connectivity index (χ1) is 16.9. The molecule has 2 aliphatic heterocycles. The second-order valence-corrected chi connectivity index (χ2v) is 10.3. The highest BCUT2D eigenvalue weighted by molar-refractivity contribution is 5.74. The summed E-state index contributed by atoms with van der Waals surface area (Å²) in [5.74, 6) is 6.40. The van der Waals surface area contributed by atoms with Crippen molar-refractivity contribution in [2.24, 2.45) is 5.90 Å². The highest BCUT2D eigenvalue weighted by Crippen LogP contribution is 2.38. The minimum Gasteiger partial charge on any atom is -0.466 e. The number of rotatable bonds is 6. The van der Waals surface area contributed by atoms with Gasteiger partial charge in [-0.05, 0) is 57.5 Å². The number of nitrogens with zero attached hydrogens (tertiary/aromatic N) is 6. The zero-order chi connectivity index (χ0) is 24.2. The Kier molecular flexibility index (Phi) is 5.24. The van der Waals surface area contributed by atoms with Crippen molar-refractivity contribution >= 4 is 22.8 Å². The molecule has 3 N–H and O–H groups in total. The average molecular weight is 475 g/mol. The van der Waals surface area contributed by atoms with Gasteiger partial charge in [0.15, 0.2) is 11.5 Å². The molecule has 5 heterocycles. The molecule has 4 aromatic rings. The first kappa shape index (κ1) is 22.0. The highest BCUT2D eigenvalue weighted by Gasteiger charge is 2.46. The van der Waals surface area contributed by atoms with Crippen molar-refractivity contribution in [3.63, 3.8) is 0 Å². The van der Waals surface area contributed by atoms with Crippen LogP contribution in [0.2, 0.25) is 0 Å². The maximum absolute atomic E-state index is 5.49. The summed E-state index contributed by atoms with van der Waals surface area (Å²) in [6.07, 6.45) is 6.14. The summed E-state index contributed by atoms with van der Waals surface area (Å²) in [6.45, 7) is 9.35. The lowest BCUT2D eigenvalue weighted by Crippen LogP contribution is -2.53. The van der Waals surface area contributed by atoms with Crippen LogP contribution in [0.4, 0.5) is 17.2 Å². The summed E-state index contributed by atoms with van der Waals surface area (Å²) >= 11 is 0. The molecule has 0 spiro atoms. The topological polar surface area (TPSA) is 110 Å². The van der Waals surface area contributed by atoms with Crippen molar-refractivity contribution in [3.05, 3.63) is 54.9 Å². The Morgan fingerprint density at radius 3 is 2.69 bits per heavy atom. The van der Waals surface area contributed by atoms with Gasteiger partial charge in [0.25, 0.3) is 0 Å². The lowest BCUT2D eigenvalue weighted by molar-refractivity contribution is 0.108. The first-order valence-corrected chi connectivity index (χ1v) is 11.9. The predicted octanol–water partition coefficient (Wildman–Crippen LogP) is 3.58. The van der Waals surface area contributed by atoms with Gasteiger partial charge in [0, 0.05) is 47.7 Å². The number of piperazine rings is 1. The quantitative estimate of drug-likeness (QED) is 0.405.